The van der Waals surface area contributed by atoms with E-state index in [-0.39, 0.29) is 19.6 Å². The predicted molar refractivity (Wildman–Crippen MR) is 183 cm³/mol. The van der Waals surface area contributed by atoms with Gasteiger partial charge in [-0.3, -0.25) is 9.35 Å². The van der Waals surface area contributed by atoms with Crippen molar-refractivity contribution in [3.8, 4) is 0 Å². The van der Waals surface area contributed by atoms with Gasteiger partial charge in [0.15, 0.2) is 6.29 Å². The maximum atomic E-state index is 12.4. The lowest BCUT2D eigenvalue weighted by atomic mass is 9.99. The average molecular weight is 705 g/mol. The van der Waals surface area contributed by atoms with E-state index in [0.29, 0.717) is 13.0 Å². The minimum absolute atomic E-state index is 0.0190. The van der Waals surface area contributed by atoms with Crippen LogP contribution in [0.25, 0.3) is 0 Å². The number of aliphatic hydroxyl groups excluding tert-OH is 3. The van der Waals surface area contributed by atoms with Gasteiger partial charge in [-0.05, 0) is 51.4 Å². The maximum absolute atomic E-state index is 12.4. The van der Waals surface area contributed by atoms with Crippen LogP contribution in [0.4, 0.5) is 0 Å². The fourth-order valence-corrected chi connectivity index (χ4v) is 5.34. The third-order valence-corrected chi connectivity index (χ3v) is 7.93. The molecular formula is C35H60O12S. The van der Waals surface area contributed by atoms with Gasteiger partial charge in [-0.1, -0.05) is 94.6 Å². The number of ether oxygens (including phenoxy) is 4. The Morgan fingerprint density at radius 2 is 1.44 bits per heavy atom. The summed E-state index contributed by atoms with van der Waals surface area (Å²) in [6, 6.07) is 0. The van der Waals surface area contributed by atoms with E-state index in [2.05, 4.69) is 59.7 Å². The number of hydrogen-bond acceptors (Lipinski definition) is 11. The lowest BCUT2D eigenvalue weighted by molar-refractivity contribution is -0.301. The molecule has 1 aliphatic heterocycles. The third kappa shape index (κ3) is 21.9. The first-order chi connectivity index (χ1) is 23.1. The van der Waals surface area contributed by atoms with Gasteiger partial charge in [0, 0.05) is 13.0 Å². The molecule has 1 heterocycles. The Labute approximate surface area is 287 Å². The topological polar surface area (TPSA) is 178 Å². The van der Waals surface area contributed by atoms with Gasteiger partial charge in [0.25, 0.3) is 0 Å². The zero-order valence-corrected chi connectivity index (χ0v) is 29.6. The molecule has 0 aliphatic carbocycles. The minimum atomic E-state index is -5.05. The van der Waals surface area contributed by atoms with Gasteiger partial charge in [0.1, 0.15) is 30.5 Å². The first-order valence-corrected chi connectivity index (χ1v) is 18.8. The summed E-state index contributed by atoms with van der Waals surface area (Å²) < 4.78 is 58.2. The first-order valence-electron chi connectivity index (χ1n) is 17.4. The van der Waals surface area contributed by atoms with E-state index in [9.17, 15) is 28.5 Å². The smallest absolute Gasteiger partial charge is 0.397 e. The highest BCUT2D eigenvalue weighted by atomic mass is 32.3. The fourth-order valence-electron chi connectivity index (χ4n) is 4.84. The number of carbonyl (C=O) groups is 1. The second-order valence-electron chi connectivity index (χ2n) is 11.7. The number of rotatable bonds is 28. The number of unbranched alkanes of at least 4 members (excludes halogenated alkanes) is 7. The standard InChI is InChI=1S/C35H60O12S/c1-3-5-7-8-9-10-11-12-13-14-15-16-17-18-19-20-21-23-25-43-27-29(45-31(37)24-22-6-4-2)28-44-35-33(39)34(47-48(40,41)42)32(38)30(26-36)46-35/h5,7,9-10,12-13,15-16,29-30,32-36,38-39H,3-4,6,8,11,14,17-28H2,1-2H3,(H,40,41,42)/b7-5-,10-9-,13-12-,16-15-. The zero-order valence-electron chi connectivity index (χ0n) is 28.8. The molecule has 1 rings (SSSR count). The van der Waals surface area contributed by atoms with E-state index < -0.39 is 59.8 Å². The lowest BCUT2D eigenvalue weighted by Crippen LogP contribution is -2.60. The second-order valence-corrected chi connectivity index (χ2v) is 12.8. The van der Waals surface area contributed by atoms with Crippen molar-refractivity contribution in [2.75, 3.05) is 26.4 Å². The van der Waals surface area contributed by atoms with Crippen LogP contribution in [0, 0.1) is 0 Å². The summed E-state index contributed by atoms with van der Waals surface area (Å²) in [6.07, 6.45) is 21.2. The van der Waals surface area contributed by atoms with E-state index in [1.54, 1.807) is 0 Å². The Bertz CT molecular complexity index is 1040. The van der Waals surface area contributed by atoms with Gasteiger partial charge in [-0.15, -0.1) is 0 Å². The van der Waals surface area contributed by atoms with Crippen LogP contribution in [0.15, 0.2) is 48.6 Å². The summed E-state index contributed by atoms with van der Waals surface area (Å²) in [4.78, 5) is 12.4. The molecule has 0 bridgehead atoms. The molecule has 12 nitrogen and oxygen atoms in total. The van der Waals surface area contributed by atoms with Crippen molar-refractivity contribution in [2.45, 2.75) is 141 Å². The SMILES string of the molecule is CC/C=C\C/C=C\C/C=C\C/C=C\CCCCCCCOCC(COC1OC(CO)C(O)C(OS(=O)(=O)O)C1O)OC(=O)CCCCC. The second kappa shape index (κ2) is 27.8. The molecule has 0 spiro atoms. The van der Waals surface area contributed by atoms with Gasteiger partial charge in [0.05, 0.1) is 19.8 Å². The number of aliphatic hydroxyl groups is 3. The summed E-state index contributed by atoms with van der Waals surface area (Å²) >= 11 is 0. The summed E-state index contributed by atoms with van der Waals surface area (Å²) in [7, 11) is -5.05. The maximum Gasteiger partial charge on any atom is 0.397 e. The van der Waals surface area contributed by atoms with E-state index in [1.165, 1.54) is 0 Å². The molecule has 1 aliphatic rings. The Morgan fingerprint density at radius 1 is 0.812 bits per heavy atom. The lowest BCUT2D eigenvalue weighted by Gasteiger charge is -2.41. The normalized spacial score (nSPS) is 22.8. The molecule has 48 heavy (non-hydrogen) atoms. The van der Waals surface area contributed by atoms with Crippen molar-refractivity contribution in [1.29, 1.82) is 0 Å². The van der Waals surface area contributed by atoms with Crippen LogP contribution >= 0.6 is 0 Å². The summed E-state index contributed by atoms with van der Waals surface area (Å²) in [5, 5.41) is 30.3. The first kappa shape index (κ1) is 44.1. The molecule has 6 atom stereocenters. The van der Waals surface area contributed by atoms with Crippen LogP contribution in [-0.4, -0.2) is 97.5 Å². The molecule has 1 fully saturated rings. The molecule has 0 aromatic rings. The number of allylic oxidation sites excluding steroid dienone is 8. The third-order valence-electron chi connectivity index (χ3n) is 7.47. The van der Waals surface area contributed by atoms with Gasteiger partial charge >= 0.3 is 16.4 Å². The number of esters is 1. The van der Waals surface area contributed by atoms with Crippen LogP contribution in [-0.2, 0) is 38.3 Å². The van der Waals surface area contributed by atoms with Crippen molar-refractivity contribution in [3.05, 3.63) is 48.6 Å². The average Bonchev–Trinajstić information content (AvgIpc) is 3.04. The van der Waals surface area contributed by atoms with Crippen molar-refractivity contribution in [3.63, 3.8) is 0 Å². The Balaban J connectivity index is 2.39. The molecule has 0 radical (unpaired) electrons. The van der Waals surface area contributed by atoms with E-state index >= 15 is 0 Å². The Kier molecular flexibility index (Phi) is 25.6. The zero-order chi connectivity index (χ0) is 35.5. The quantitative estimate of drug-likeness (QED) is 0.0359. The van der Waals surface area contributed by atoms with Gasteiger partial charge in [-0.2, -0.15) is 8.42 Å². The van der Waals surface area contributed by atoms with Crippen LogP contribution < -0.4 is 0 Å². The van der Waals surface area contributed by atoms with Crippen molar-refractivity contribution in [2.24, 2.45) is 0 Å². The fraction of sp³-hybridized carbons (Fsp3) is 0.743. The van der Waals surface area contributed by atoms with E-state index in [0.717, 1.165) is 77.0 Å². The van der Waals surface area contributed by atoms with Crippen LogP contribution in [0.1, 0.15) is 104 Å². The highest BCUT2D eigenvalue weighted by molar-refractivity contribution is 7.80. The van der Waals surface area contributed by atoms with Crippen LogP contribution in [0.3, 0.4) is 0 Å². The van der Waals surface area contributed by atoms with E-state index in [4.69, 9.17) is 23.5 Å². The molecule has 0 aromatic carbocycles. The minimum Gasteiger partial charge on any atom is -0.457 e. The van der Waals surface area contributed by atoms with Crippen molar-refractivity contribution in [1.82, 2.24) is 0 Å². The molecule has 0 amide bonds. The molecular weight excluding hydrogens is 644 g/mol. The highest BCUT2D eigenvalue weighted by Crippen LogP contribution is 2.26. The predicted octanol–water partition coefficient (Wildman–Crippen LogP) is 5.28. The summed E-state index contributed by atoms with van der Waals surface area (Å²) in [6.45, 7) is 3.59. The molecule has 13 heteroatoms. The summed E-state index contributed by atoms with van der Waals surface area (Å²) in [5.41, 5.74) is 0. The van der Waals surface area contributed by atoms with Crippen molar-refractivity contribution < 1.29 is 56.2 Å². The van der Waals surface area contributed by atoms with E-state index in [1.807, 2.05) is 6.92 Å². The molecule has 0 aromatic heterocycles. The van der Waals surface area contributed by atoms with Gasteiger partial charge in [0.2, 0.25) is 0 Å². The molecule has 6 unspecified atom stereocenters. The number of carbonyl (C=O) groups excluding carboxylic acids is 1. The Hall–Kier alpha value is -1.94. The van der Waals surface area contributed by atoms with Crippen LogP contribution in [0.5, 0.6) is 0 Å². The largest absolute Gasteiger partial charge is 0.457 e. The van der Waals surface area contributed by atoms with Crippen LogP contribution in [0.2, 0.25) is 0 Å². The molecule has 278 valence electrons. The summed E-state index contributed by atoms with van der Waals surface area (Å²) in [5.74, 6) is -0.435. The number of hydrogen-bond donors (Lipinski definition) is 4. The highest BCUT2D eigenvalue weighted by Gasteiger charge is 2.48. The van der Waals surface area contributed by atoms with Gasteiger partial charge < -0.3 is 34.3 Å². The Morgan fingerprint density at radius 3 is 2.06 bits per heavy atom. The molecule has 0 saturated carbocycles. The molecule has 1 saturated heterocycles. The van der Waals surface area contributed by atoms with Crippen molar-refractivity contribution >= 4 is 16.4 Å². The monoisotopic (exact) mass is 704 g/mol. The van der Waals surface area contributed by atoms with Gasteiger partial charge in [-0.25, -0.2) is 4.18 Å². The molecule has 4 N–H and O–H groups in total.